The lowest BCUT2D eigenvalue weighted by molar-refractivity contribution is -0.00913. The van der Waals surface area contributed by atoms with E-state index in [2.05, 4.69) is 0 Å². The Morgan fingerprint density at radius 3 is 2.67 bits per heavy atom. The molecule has 0 bridgehead atoms. The molecule has 2 rings (SSSR count). The first-order valence-corrected chi connectivity index (χ1v) is 8.30. The van der Waals surface area contributed by atoms with Gasteiger partial charge in [-0.05, 0) is 49.8 Å². The van der Waals surface area contributed by atoms with Gasteiger partial charge in [0.15, 0.2) is 0 Å². The summed E-state index contributed by atoms with van der Waals surface area (Å²) in [5.41, 5.74) is 7.25. The lowest BCUT2D eigenvalue weighted by atomic mass is 9.81. The molecular formula is C17H25ClFNO. The lowest BCUT2D eigenvalue weighted by Crippen LogP contribution is -2.44. The summed E-state index contributed by atoms with van der Waals surface area (Å²) in [7, 11) is 0. The highest BCUT2D eigenvalue weighted by Gasteiger charge is 2.29. The van der Waals surface area contributed by atoms with Crippen molar-refractivity contribution in [3.63, 3.8) is 0 Å². The molecule has 1 saturated carbocycles. The molecule has 2 N–H and O–H groups in total. The summed E-state index contributed by atoms with van der Waals surface area (Å²) in [4.78, 5) is 0. The van der Waals surface area contributed by atoms with Crippen LogP contribution in [0.4, 0.5) is 4.39 Å². The van der Waals surface area contributed by atoms with Crippen LogP contribution in [0.1, 0.15) is 44.6 Å². The monoisotopic (exact) mass is 313 g/mol. The average molecular weight is 314 g/mol. The topological polar surface area (TPSA) is 35.2 Å². The fraction of sp³-hybridized carbons (Fsp3) is 0.647. The number of rotatable bonds is 6. The summed E-state index contributed by atoms with van der Waals surface area (Å²) in [5, 5.41) is 0.154. The number of nitrogens with two attached hydrogens (primary N) is 1. The van der Waals surface area contributed by atoms with Crippen molar-refractivity contribution in [3.8, 4) is 0 Å². The van der Waals surface area contributed by atoms with Gasteiger partial charge in [-0.2, -0.15) is 0 Å². The molecule has 0 aromatic heterocycles. The normalized spacial score (nSPS) is 19.4. The maximum absolute atomic E-state index is 13.5. The zero-order valence-corrected chi connectivity index (χ0v) is 13.4. The van der Waals surface area contributed by atoms with Crippen LogP contribution in [0.2, 0.25) is 5.02 Å². The summed E-state index contributed by atoms with van der Waals surface area (Å²) in [6.45, 7) is 2.67. The van der Waals surface area contributed by atoms with Crippen LogP contribution in [-0.2, 0) is 11.2 Å². The van der Waals surface area contributed by atoms with E-state index in [0.29, 0.717) is 18.9 Å². The van der Waals surface area contributed by atoms with Crippen LogP contribution in [0.25, 0.3) is 0 Å². The lowest BCUT2D eigenvalue weighted by Gasteiger charge is -2.34. The largest absolute Gasteiger partial charge is 0.377 e. The standard InChI is InChI=1S/C17H25ClFNO/c1-2-21-17(13-6-4-3-5-7-13)16(20)11-12-8-9-14(18)15(19)10-12/h8-10,13,16-17H,2-7,11,20H2,1H3. The van der Waals surface area contributed by atoms with E-state index in [1.54, 1.807) is 6.07 Å². The Hall–Kier alpha value is -0.640. The summed E-state index contributed by atoms with van der Waals surface area (Å²) >= 11 is 5.72. The number of ether oxygens (including phenoxy) is 1. The third-order valence-corrected chi connectivity index (χ3v) is 4.66. The van der Waals surface area contributed by atoms with Crippen LogP contribution < -0.4 is 5.73 Å². The fourth-order valence-electron chi connectivity index (χ4n) is 3.32. The molecule has 2 atom stereocenters. The molecule has 1 fully saturated rings. The number of hydrogen-bond donors (Lipinski definition) is 1. The average Bonchev–Trinajstić information content (AvgIpc) is 2.49. The van der Waals surface area contributed by atoms with Crippen molar-refractivity contribution in [2.45, 2.75) is 57.6 Å². The van der Waals surface area contributed by atoms with Crippen LogP contribution in [0.5, 0.6) is 0 Å². The maximum atomic E-state index is 13.5. The van der Waals surface area contributed by atoms with Crippen molar-refractivity contribution >= 4 is 11.6 Å². The van der Waals surface area contributed by atoms with Gasteiger partial charge in [-0.1, -0.05) is 36.9 Å². The Morgan fingerprint density at radius 2 is 2.05 bits per heavy atom. The summed E-state index contributed by atoms with van der Waals surface area (Å²) in [6.07, 6.45) is 6.89. The van der Waals surface area contributed by atoms with Crippen LogP contribution in [0.3, 0.4) is 0 Å². The van der Waals surface area contributed by atoms with Gasteiger partial charge in [0.1, 0.15) is 5.82 Å². The van der Waals surface area contributed by atoms with Crippen LogP contribution in [0.15, 0.2) is 18.2 Å². The second-order valence-corrected chi connectivity index (χ2v) is 6.34. The molecule has 1 aliphatic carbocycles. The molecule has 0 radical (unpaired) electrons. The minimum Gasteiger partial charge on any atom is -0.377 e. The second kappa shape index (κ2) is 8.11. The second-order valence-electron chi connectivity index (χ2n) is 5.93. The molecule has 0 spiro atoms. The maximum Gasteiger partial charge on any atom is 0.142 e. The predicted molar refractivity (Wildman–Crippen MR) is 85.1 cm³/mol. The Kier molecular flexibility index (Phi) is 6.46. The Morgan fingerprint density at radius 1 is 1.33 bits per heavy atom. The van der Waals surface area contributed by atoms with Gasteiger partial charge < -0.3 is 10.5 Å². The van der Waals surface area contributed by atoms with E-state index in [4.69, 9.17) is 22.1 Å². The van der Waals surface area contributed by atoms with Gasteiger partial charge in [0, 0.05) is 12.6 Å². The number of hydrogen-bond acceptors (Lipinski definition) is 2. The van der Waals surface area contributed by atoms with E-state index in [1.165, 1.54) is 38.2 Å². The molecule has 1 aromatic rings. The number of benzene rings is 1. The molecule has 2 unspecified atom stereocenters. The third kappa shape index (κ3) is 4.67. The number of halogens is 2. The fourth-order valence-corrected chi connectivity index (χ4v) is 3.44. The molecule has 4 heteroatoms. The summed E-state index contributed by atoms with van der Waals surface area (Å²) in [6, 6.07) is 4.81. The van der Waals surface area contributed by atoms with E-state index < -0.39 is 0 Å². The van der Waals surface area contributed by atoms with Gasteiger partial charge in [-0.15, -0.1) is 0 Å². The third-order valence-electron chi connectivity index (χ3n) is 4.35. The van der Waals surface area contributed by atoms with E-state index in [1.807, 2.05) is 13.0 Å². The first-order chi connectivity index (χ1) is 10.1. The highest BCUT2D eigenvalue weighted by molar-refractivity contribution is 6.30. The van der Waals surface area contributed by atoms with E-state index >= 15 is 0 Å². The van der Waals surface area contributed by atoms with Crippen LogP contribution >= 0.6 is 11.6 Å². The van der Waals surface area contributed by atoms with Crippen LogP contribution in [-0.4, -0.2) is 18.8 Å². The van der Waals surface area contributed by atoms with Gasteiger partial charge in [0.25, 0.3) is 0 Å². The molecule has 0 amide bonds. The molecule has 118 valence electrons. The van der Waals surface area contributed by atoms with Crippen molar-refractivity contribution < 1.29 is 9.13 Å². The molecule has 1 aromatic carbocycles. The molecule has 0 saturated heterocycles. The molecule has 21 heavy (non-hydrogen) atoms. The highest BCUT2D eigenvalue weighted by atomic mass is 35.5. The van der Waals surface area contributed by atoms with Gasteiger partial charge in [-0.3, -0.25) is 0 Å². The first-order valence-electron chi connectivity index (χ1n) is 7.93. The first kappa shape index (κ1) is 16.7. The molecule has 2 nitrogen and oxygen atoms in total. The van der Waals surface area contributed by atoms with Crippen molar-refractivity contribution in [1.82, 2.24) is 0 Å². The van der Waals surface area contributed by atoms with Crippen LogP contribution in [0, 0.1) is 11.7 Å². The summed E-state index contributed by atoms with van der Waals surface area (Å²) < 4.78 is 19.5. The molecule has 0 heterocycles. The molecular weight excluding hydrogens is 289 g/mol. The van der Waals surface area contributed by atoms with Crippen molar-refractivity contribution in [2.24, 2.45) is 11.7 Å². The van der Waals surface area contributed by atoms with E-state index in [0.717, 1.165) is 5.56 Å². The Bertz CT molecular complexity index is 448. The Balaban J connectivity index is 2.02. The zero-order valence-electron chi connectivity index (χ0n) is 12.7. The summed E-state index contributed by atoms with van der Waals surface area (Å²) in [5.74, 6) is 0.151. The molecule has 0 aliphatic heterocycles. The van der Waals surface area contributed by atoms with Gasteiger partial charge >= 0.3 is 0 Å². The minimum atomic E-state index is -0.382. The highest BCUT2D eigenvalue weighted by Crippen LogP contribution is 2.30. The van der Waals surface area contributed by atoms with Crippen molar-refractivity contribution in [3.05, 3.63) is 34.6 Å². The van der Waals surface area contributed by atoms with Gasteiger partial charge in [-0.25, -0.2) is 4.39 Å². The SMILES string of the molecule is CCOC(C(N)Cc1ccc(Cl)c(F)c1)C1CCCCC1. The predicted octanol–water partition coefficient (Wildman–Crippen LogP) is 4.33. The van der Waals surface area contributed by atoms with Crippen molar-refractivity contribution in [1.29, 1.82) is 0 Å². The Labute approximate surface area is 131 Å². The smallest absolute Gasteiger partial charge is 0.142 e. The minimum absolute atomic E-state index is 0.0639. The molecule has 1 aliphatic rings. The van der Waals surface area contributed by atoms with E-state index in [-0.39, 0.29) is 23.0 Å². The van der Waals surface area contributed by atoms with Gasteiger partial charge in [0.2, 0.25) is 0 Å². The zero-order chi connectivity index (χ0) is 15.2. The van der Waals surface area contributed by atoms with Gasteiger partial charge in [0.05, 0.1) is 11.1 Å². The quantitative estimate of drug-likeness (QED) is 0.848. The van der Waals surface area contributed by atoms with E-state index in [9.17, 15) is 4.39 Å². The van der Waals surface area contributed by atoms with Crippen molar-refractivity contribution in [2.75, 3.05) is 6.61 Å².